The number of fused-ring (bicyclic) bond motifs is 1. The van der Waals surface area contributed by atoms with Gasteiger partial charge in [0.2, 0.25) is 0 Å². The molecule has 3 rings (SSSR count). The van der Waals surface area contributed by atoms with Crippen molar-refractivity contribution in [2.24, 2.45) is 5.73 Å². The summed E-state index contributed by atoms with van der Waals surface area (Å²) in [5.74, 6) is 0.0484. The van der Waals surface area contributed by atoms with Crippen LogP contribution in [0.3, 0.4) is 0 Å². The molecule has 4 N–H and O–H groups in total. The van der Waals surface area contributed by atoms with Crippen molar-refractivity contribution in [1.29, 1.82) is 0 Å². The number of aliphatic hydroxyl groups excluding tert-OH is 1. The minimum absolute atomic E-state index is 0.0648. The minimum atomic E-state index is -0.521. The monoisotopic (exact) mass is 263 g/mol. The molecule has 1 aromatic carbocycles. The molecular weight excluding hydrogens is 246 g/mol. The lowest BCUT2D eigenvalue weighted by molar-refractivity contribution is 0.0949. The van der Waals surface area contributed by atoms with Crippen LogP contribution in [0, 0.1) is 6.92 Å². The molecule has 102 valence electrons. The number of phenolic OH excluding ortho intramolecular Hbond substituents is 1. The first-order valence-corrected chi connectivity index (χ1v) is 6.19. The number of hydrogen-bond donors (Lipinski definition) is 3. The van der Waals surface area contributed by atoms with Crippen LogP contribution >= 0.6 is 0 Å². The van der Waals surface area contributed by atoms with Gasteiger partial charge in [0.1, 0.15) is 17.1 Å². The molecule has 1 aromatic heterocycles. The smallest absolute Gasteiger partial charge is 0.252 e. The Kier molecular flexibility index (Phi) is 3.76. The highest BCUT2D eigenvalue weighted by Gasteiger charge is 2.15. The predicted octanol–water partition coefficient (Wildman–Crippen LogP) is 2.08. The second-order valence-electron chi connectivity index (χ2n) is 4.66. The topological polar surface area (TPSA) is 96.7 Å². The number of aliphatic hydroxyl groups is 1. The molecule has 1 fully saturated rings. The van der Waals surface area contributed by atoms with Crippen LogP contribution in [-0.4, -0.2) is 22.2 Å². The number of amides is 1. The summed E-state index contributed by atoms with van der Waals surface area (Å²) in [5, 5.41) is 18.3. The largest absolute Gasteiger partial charge is 0.508 e. The van der Waals surface area contributed by atoms with E-state index >= 15 is 0 Å². The van der Waals surface area contributed by atoms with E-state index in [0.29, 0.717) is 22.3 Å². The Labute approximate surface area is 110 Å². The van der Waals surface area contributed by atoms with Gasteiger partial charge in [0.15, 0.2) is 0 Å². The molecule has 2 aromatic rings. The third-order valence-electron chi connectivity index (χ3n) is 3.17. The first-order valence-electron chi connectivity index (χ1n) is 6.19. The van der Waals surface area contributed by atoms with E-state index in [-0.39, 0.29) is 11.9 Å². The number of primary amides is 1. The van der Waals surface area contributed by atoms with Crippen molar-refractivity contribution in [3.05, 3.63) is 29.5 Å². The number of benzene rings is 1. The number of phenols is 1. The molecule has 0 unspecified atom stereocenters. The van der Waals surface area contributed by atoms with E-state index in [4.69, 9.17) is 15.3 Å². The Morgan fingerprint density at radius 2 is 2.05 bits per heavy atom. The van der Waals surface area contributed by atoms with Gasteiger partial charge in [-0.1, -0.05) is 0 Å². The normalized spacial score (nSPS) is 14.6. The Morgan fingerprint density at radius 3 is 2.53 bits per heavy atom. The molecule has 1 saturated carbocycles. The van der Waals surface area contributed by atoms with E-state index in [1.54, 1.807) is 13.0 Å². The number of aryl methyl sites for hydroxylation is 1. The van der Waals surface area contributed by atoms with Crippen LogP contribution in [0.2, 0.25) is 0 Å². The van der Waals surface area contributed by atoms with Crippen molar-refractivity contribution >= 4 is 16.9 Å². The number of furan rings is 1. The fourth-order valence-corrected chi connectivity index (χ4v) is 1.90. The van der Waals surface area contributed by atoms with Gasteiger partial charge in [0, 0.05) is 11.5 Å². The second kappa shape index (κ2) is 5.32. The number of hydrogen-bond acceptors (Lipinski definition) is 4. The quantitative estimate of drug-likeness (QED) is 0.733. The third-order valence-corrected chi connectivity index (χ3v) is 3.17. The summed E-state index contributed by atoms with van der Waals surface area (Å²) in [7, 11) is 0. The van der Waals surface area contributed by atoms with Gasteiger partial charge in [-0.25, -0.2) is 0 Å². The van der Waals surface area contributed by atoms with E-state index in [2.05, 4.69) is 0 Å². The van der Waals surface area contributed by atoms with Crippen LogP contribution in [-0.2, 0) is 0 Å². The van der Waals surface area contributed by atoms with Gasteiger partial charge in [-0.05, 0) is 38.3 Å². The average Bonchev–Trinajstić information content (AvgIpc) is 2.62. The summed E-state index contributed by atoms with van der Waals surface area (Å²) in [6.45, 7) is 1.66. The highest BCUT2D eigenvalue weighted by atomic mass is 16.3. The van der Waals surface area contributed by atoms with Crippen molar-refractivity contribution in [2.75, 3.05) is 0 Å². The fourth-order valence-electron chi connectivity index (χ4n) is 1.90. The SMILES string of the molecule is Cc1oc2cc(O)ccc2c1C(N)=O.OC1CCC1. The summed E-state index contributed by atoms with van der Waals surface area (Å²) < 4.78 is 5.28. The lowest BCUT2D eigenvalue weighted by atomic mass is 9.97. The number of rotatable bonds is 1. The first-order chi connectivity index (χ1) is 8.99. The van der Waals surface area contributed by atoms with Crippen molar-refractivity contribution in [3.63, 3.8) is 0 Å². The molecule has 5 heteroatoms. The van der Waals surface area contributed by atoms with Crippen LogP contribution < -0.4 is 5.73 Å². The maximum Gasteiger partial charge on any atom is 0.252 e. The molecule has 0 bridgehead atoms. The van der Waals surface area contributed by atoms with E-state index in [1.807, 2.05) is 0 Å². The first kappa shape index (κ1) is 13.4. The molecule has 1 aliphatic rings. The molecule has 0 saturated heterocycles. The molecule has 0 radical (unpaired) electrons. The van der Waals surface area contributed by atoms with Gasteiger partial charge >= 0.3 is 0 Å². The zero-order valence-corrected chi connectivity index (χ0v) is 10.7. The van der Waals surface area contributed by atoms with E-state index in [0.717, 1.165) is 12.8 Å². The Bertz CT molecular complexity index is 599. The van der Waals surface area contributed by atoms with Gasteiger partial charge in [-0.2, -0.15) is 0 Å². The lowest BCUT2D eigenvalue weighted by Gasteiger charge is -2.17. The summed E-state index contributed by atoms with van der Waals surface area (Å²) in [5.41, 5.74) is 6.05. The molecule has 1 amide bonds. The number of aromatic hydroxyl groups is 1. The minimum Gasteiger partial charge on any atom is -0.508 e. The van der Waals surface area contributed by atoms with Crippen molar-refractivity contribution in [1.82, 2.24) is 0 Å². The molecule has 19 heavy (non-hydrogen) atoms. The highest BCUT2D eigenvalue weighted by Crippen LogP contribution is 2.27. The number of carbonyl (C=O) groups excluding carboxylic acids is 1. The van der Waals surface area contributed by atoms with E-state index in [9.17, 15) is 9.90 Å². The van der Waals surface area contributed by atoms with Crippen molar-refractivity contribution in [2.45, 2.75) is 32.3 Å². The average molecular weight is 263 g/mol. The predicted molar refractivity (Wildman–Crippen MR) is 71.0 cm³/mol. The second-order valence-corrected chi connectivity index (χ2v) is 4.66. The lowest BCUT2D eigenvalue weighted by Crippen LogP contribution is -2.15. The molecule has 5 nitrogen and oxygen atoms in total. The zero-order chi connectivity index (χ0) is 14.0. The van der Waals surface area contributed by atoms with E-state index < -0.39 is 5.91 Å². The molecule has 1 aliphatic carbocycles. The van der Waals surface area contributed by atoms with E-state index in [1.165, 1.54) is 18.6 Å². The molecular formula is C14H17NO4. The number of nitrogens with two attached hydrogens (primary N) is 1. The maximum atomic E-state index is 11.1. The standard InChI is InChI=1S/C10H9NO3.C4H8O/c1-5-9(10(11)13)7-3-2-6(12)4-8(7)14-5;5-4-2-1-3-4/h2-4,12H,1H3,(H2,11,13);4-5H,1-3H2. The summed E-state index contributed by atoms with van der Waals surface area (Å²) in [6, 6.07) is 4.56. The molecule has 0 spiro atoms. The number of carbonyl (C=O) groups is 1. The molecule has 0 aliphatic heterocycles. The van der Waals surface area contributed by atoms with Crippen LogP contribution in [0.5, 0.6) is 5.75 Å². The van der Waals surface area contributed by atoms with Gasteiger partial charge in [-0.15, -0.1) is 0 Å². The zero-order valence-electron chi connectivity index (χ0n) is 10.7. The van der Waals surface area contributed by atoms with Crippen LogP contribution in [0.4, 0.5) is 0 Å². The van der Waals surface area contributed by atoms with Crippen LogP contribution in [0.15, 0.2) is 22.6 Å². The maximum absolute atomic E-state index is 11.1. The summed E-state index contributed by atoms with van der Waals surface area (Å²) >= 11 is 0. The fraction of sp³-hybridized carbons (Fsp3) is 0.357. The van der Waals surface area contributed by atoms with Gasteiger partial charge in [-0.3, -0.25) is 4.79 Å². The van der Waals surface area contributed by atoms with Crippen molar-refractivity contribution in [3.8, 4) is 5.75 Å². The van der Waals surface area contributed by atoms with Gasteiger partial charge < -0.3 is 20.4 Å². The molecule has 0 atom stereocenters. The van der Waals surface area contributed by atoms with Crippen molar-refractivity contribution < 1.29 is 19.4 Å². The Hall–Kier alpha value is -2.01. The van der Waals surface area contributed by atoms with Gasteiger partial charge in [0.25, 0.3) is 5.91 Å². The van der Waals surface area contributed by atoms with Gasteiger partial charge in [0.05, 0.1) is 11.7 Å². The summed E-state index contributed by atoms with van der Waals surface area (Å²) in [6.07, 6.45) is 3.39. The molecule has 1 heterocycles. The van der Waals surface area contributed by atoms with Crippen LogP contribution in [0.1, 0.15) is 35.4 Å². The summed E-state index contributed by atoms with van der Waals surface area (Å²) in [4.78, 5) is 11.1. The Morgan fingerprint density at radius 1 is 1.42 bits per heavy atom. The van der Waals surface area contributed by atoms with Crippen LogP contribution in [0.25, 0.3) is 11.0 Å². The Balaban J connectivity index is 0.000000224. The highest BCUT2D eigenvalue weighted by molar-refractivity contribution is 6.06. The third kappa shape index (κ3) is 2.88.